The summed E-state index contributed by atoms with van der Waals surface area (Å²) in [6.45, 7) is 8.63. The molecule has 1 aliphatic carbocycles. The number of Topliss-reactive ketones (excluding diaryl/α,β-unsaturated/α-hetero) is 3. The van der Waals surface area contributed by atoms with Crippen molar-refractivity contribution in [1.82, 2.24) is 0 Å². The van der Waals surface area contributed by atoms with Crippen LogP contribution in [0.1, 0.15) is 63.0 Å². The highest BCUT2D eigenvalue weighted by Crippen LogP contribution is 2.49. The molecule has 0 spiro atoms. The lowest BCUT2D eigenvalue weighted by Crippen LogP contribution is -2.36. The van der Waals surface area contributed by atoms with Crippen LogP contribution in [0, 0.1) is 5.41 Å². The summed E-state index contributed by atoms with van der Waals surface area (Å²) in [5.74, 6) is -4.16. The van der Waals surface area contributed by atoms with E-state index in [-0.39, 0.29) is 28.0 Å². The minimum Gasteiger partial charge on any atom is -0.511 e. The maximum atomic E-state index is 12.6. The first-order valence-electron chi connectivity index (χ1n) is 10.0. The Bertz CT molecular complexity index is 1180. The summed E-state index contributed by atoms with van der Waals surface area (Å²) < 4.78 is 5.82. The SMILES string of the molecule is CC(=O)C1=C(O)C(Cc2c(O)c3c(c(C(C)=O)c2O)OC(C)(C)C=C3)=C(O)C(C)(C)C1=O. The number of allylic oxidation sites excluding steroid dienone is 3. The van der Waals surface area contributed by atoms with Crippen LogP contribution in [-0.4, -0.2) is 43.4 Å². The van der Waals surface area contributed by atoms with E-state index in [4.69, 9.17) is 4.74 Å². The lowest BCUT2D eigenvalue weighted by Gasteiger charge is -2.32. The highest BCUT2D eigenvalue weighted by atomic mass is 16.5. The Labute approximate surface area is 185 Å². The van der Waals surface area contributed by atoms with Crippen LogP contribution in [0.5, 0.6) is 17.2 Å². The van der Waals surface area contributed by atoms with E-state index in [1.807, 2.05) is 0 Å². The molecule has 0 radical (unpaired) electrons. The molecule has 32 heavy (non-hydrogen) atoms. The number of carbonyl (C=O) groups excluding carboxylic acids is 3. The summed E-state index contributed by atoms with van der Waals surface area (Å²) in [5, 5.41) is 43.2. The van der Waals surface area contributed by atoms with Crippen molar-refractivity contribution in [2.75, 3.05) is 0 Å². The number of benzene rings is 1. The Balaban J connectivity index is 2.30. The van der Waals surface area contributed by atoms with Gasteiger partial charge in [-0.3, -0.25) is 14.4 Å². The minimum absolute atomic E-state index is 0.0188. The Morgan fingerprint density at radius 3 is 2.09 bits per heavy atom. The van der Waals surface area contributed by atoms with Gasteiger partial charge in [0.15, 0.2) is 17.3 Å². The average Bonchev–Trinajstić information content (AvgIpc) is 2.65. The van der Waals surface area contributed by atoms with Crippen molar-refractivity contribution in [3.8, 4) is 17.2 Å². The number of aliphatic hydroxyl groups is 2. The molecule has 0 bridgehead atoms. The predicted octanol–water partition coefficient (Wildman–Crippen LogP) is 3.85. The number of ketones is 3. The normalized spacial score (nSPS) is 19.0. The molecule has 1 aliphatic heterocycles. The first-order valence-corrected chi connectivity index (χ1v) is 10.0. The molecule has 0 saturated heterocycles. The number of phenols is 2. The van der Waals surface area contributed by atoms with Gasteiger partial charge >= 0.3 is 0 Å². The molecule has 0 unspecified atom stereocenters. The first kappa shape index (κ1) is 23.1. The molecule has 0 atom stereocenters. The number of fused-ring (bicyclic) bond motifs is 1. The summed E-state index contributed by atoms with van der Waals surface area (Å²) in [6, 6.07) is 0. The maximum absolute atomic E-state index is 12.6. The molecule has 0 amide bonds. The molecule has 3 rings (SSSR count). The van der Waals surface area contributed by atoms with E-state index in [2.05, 4.69) is 0 Å². The summed E-state index contributed by atoms with van der Waals surface area (Å²) >= 11 is 0. The average molecular weight is 442 g/mol. The third-order valence-electron chi connectivity index (χ3n) is 5.80. The Morgan fingerprint density at radius 1 is 0.969 bits per heavy atom. The zero-order valence-electron chi connectivity index (χ0n) is 18.8. The van der Waals surface area contributed by atoms with E-state index in [0.29, 0.717) is 0 Å². The van der Waals surface area contributed by atoms with Crippen LogP contribution >= 0.6 is 0 Å². The van der Waals surface area contributed by atoms with Crippen molar-refractivity contribution in [2.45, 2.75) is 53.6 Å². The Kier molecular flexibility index (Phi) is 5.24. The molecule has 8 nitrogen and oxygen atoms in total. The zero-order chi connectivity index (χ0) is 24.3. The van der Waals surface area contributed by atoms with Crippen molar-refractivity contribution >= 4 is 23.4 Å². The van der Waals surface area contributed by atoms with Crippen molar-refractivity contribution in [2.24, 2.45) is 5.41 Å². The van der Waals surface area contributed by atoms with Gasteiger partial charge < -0.3 is 25.2 Å². The van der Waals surface area contributed by atoms with Gasteiger partial charge in [-0.2, -0.15) is 0 Å². The van der Waals surface area contributed by atoms with Gasteiger partial charge in [-0.15, -0.1) is 0 Å². The number of carbonyl (C=O) groups is 3. The smallest absolute Gasteiger partial charge is 0.183 e. The van der Waals surface area contributed by atoms with E-state index < -0.39 is 63.4 Å². The van der Waals surface area contributed by atoms with E-state index >= 15 is 0 Å². The van der Waals surface area contributed by atoms with Gasteiger partial charge in [0.2, 0.25) is 0 Å². The highest BCUT2D eigenvalue weighted by molar-refractivity contribution is 6.23. The summed E-state index contributed by atoms with van der Waals surface area (Å²) in [4.78, 5) is 37.0. The van der Waals surface area contributed by atoms with Crippen LogP contribution in [-0.2, 0) is 16.0 Å². The molecule has 4 N–H and O–H groups in total. The number of ether oxygens (including phenoxy) is 1. The van der Waals surface area contributed by atoms with Crippen molar-refractivity contribution in [1.29, 1.82) is 0 Å². The van der Waals surface area contributed by atoms with Crippen LogP contribution in [0.3, 0.4) is 0 Å². The molecule has 0 fully saturated rings. The third kappa shape index (κ3) is 3.36. The van der Waals surface area contributed by atoms with E-state index in [0.717, 1.165) is 6.92 Å². The fourth-order valence-corrected chi connectivity index (χ4v) is 3.95. The van der Waals surface area contributed by atoms with E-state index in [9.17, 15) is 34.8 Å². The number of hydrogen-bond acceptors (Lipinski definition) is 8. The standard InChI is InChI=1S/C24H26O8/c1-10(25)15-18(28)13(17(27)12-7-8-23(3,4)32-20(12)15)9-14-19(29)16(11(2)26)22(31)24(5,6)21(14)30/h7-8,27-30H,9H2,1-6H3. The zero-order valence-corrected chi connectivity index (χ0v) is 18.8. The third-order valence-corrected chi connectivity index (χ3v) is 5.80. The number of aromatic hydroxyl groups is 2. The van der Waals surface area contributed by atoms with E-state index in [1.54, 1.807) is 26.0 Å². The lowest BCUT2D eigenvalue weighted by atomic mass is 9.73. The molecule has 0 saturated carbocycles. The van der Waals surface area contributed by atoms with Gasteiger partial charge in [-0.05, 0) is 53.7 Å². The molecule has 1 heterocycles. The Morgan fingerprint density at radius 2 is 1.56 bits per heavy atom. The lowest BCUT2D eigenvalue weighted by molar-refractivity contribution is -0.126. The molecule has 1 aromatic rings. The summed E-state index contributed by atoms with van der Waals surface area (Å²) in [5.41, 5.74) is -3.15. The van der Waals surface area contributed by atoms with Crippen molar-refractivity contribution in [3.63, 3.8) is 0 Å². The predicted molar refractivity (Wildman–Crippen MR) is 116 cm³/mol. The fourth-order valence-electron chi connectivity index (χ4n) is 3.95. The van der Waals surface area contributed by atoms with Gasteiger partial charge in [0.05, 0.1) is 11.0 Å². The number of rotatable bonds is 4. The fraction of sp³-hybridized carbons (Fsp3) is 0.375. The van der Waals surface area contributed by atoms with Crippen LogP contribution in [0.25, 0.3) is 6.08 Å². The molecule has 0 aromatic heterocycles. The van der Waals surface area contributed by atoms with Gasteiger partial charge in [-0.25, -0.2) is 0 Å². The summed E-state index contributed by atoms with van der Waals surface area (Å²) in [6.07, 6.45) is 2.78. The maximum Gasteiger partial charge on any atom is 0.183 e. The van der Waals surface area contributed by atoms with Crippen LogP contribution in [0.4, 0.5) is 0 Å². The molecule has 170 valence electrons. The monoisotopic (exact) mass is 442 g/mol. The minimum atomic E-state index is -1.52. The number of phenolic OH excluding ortho intramolecular Hbond substituents is 2. The van der Waals surface area contributed by atoms with Gasteiger partial charge in [0, 0.05) is 17.6 Å². The largest absolute Gasteiger partial charge is 0.511 e. The van der Waals surface area contributed by atoms with Crippen LogP contribution in [0.2, 0.25) is 0 Å². The van der Waals surface area contributed by atoms with Gasteiger partial charge in [0.25, 0.3) is 0 Å². The van der Waals surface area contributed by atoms with Crippen LogP contribution in [0.15, 0.2) is 28.7 Å². The Hall–Kier alpha value is -3.55. The molecular weight excluding hydrogens is 416 g/mol. The molecule has 1 aromatic carbocycles. The van der Waals surface area contributed by atoms with Crippen molar-refractivity contribution in [3.05, 3.63) is 45.4 Å². The van der Waals surface area contributed by atoms with Gasteiger partial charge in [0.1, 0.15) is 45.5 Å². The molecule has 2 aliphatic rings. The molecule has 8 heteroatoms. The van der Waals surface area contributed by atoms with Gasteiger partial charge in [-0.1, -0.05) is 0 Å². The van der Waals surface area contributed by atoms with Crippen LogP contribution < -0.4 is 4.74 Å². The van der Waals surface area contributed by atoms with Crippen molar-refractivity contribution < 1.29 is 39.5 Å². The first-order chi connectivity index (χ1) is 14.6. The highest BCUT2D eigenvalue weighted by Gasteiger charge is 2.45. The second kappa shape index (κ2) is 7.25. The molecular formula is C24H26O8. The quantitative estimate of drug-likeness (QED) is 0.407. The summed E-state index contributed by atoms with van der Waals surface area (Å²) in [7, 11) is 0. The number of aliphatic hydroxyl groups excluding tert-OH is 2. The second-order valence-corrected chi connectivity index (χ2v) is 9.13. The number of hydrogen-bond donors (Lipinski definition) is 4. The van der Waals surface area contributed by atoms with E-state index in [1.165, 1.54) is 20.8 Å². The topological polar surface area (TPSA) is 141 Å². The second-order valence-electron chi connectivity index (χ2n) is 9.13.